The maximum absolute atomic E-state index is 11.7. The summed E-state index contributed by atoms with van der Waals surface area (Å²) in [6.07, 6.45) is 0. The van der Waals surface area contributed by atoms with Crippen LogP contribution in [-0.2, 0) is 4.79 Å². The molecule has 0 fully saturated rings. The van der Waals surface area contributed by atoms with Gasteiger partial charge in [-0.05, 0) is 43.3 Å². The average molecular weight is 272 g/mol. The van der Waals surface area contributed by atoms with Gasteiger partial charge in [0.25, 0.3) is 5.91 Å². The third-order valence-corrected chi connectivity index (χ3v) is 2.59. The van der Waals surface area contributed by atoms with Gasteiger partial charge in [0.05, 0.1) is 7.11 Å². The molecular formula is C15H16N2O3. The van der Waals surface area contributed by atoms with E-state index in [1.54, 1.807) is 37.4 Å². The molecule has 1 aromatic carbocycles. The summed E-state index contributed by atoms with van der Waals surface area (Å²) < 4.78 is 10.4. The van der Waals surface area contributed by atoms with E-state index in [4.69, 9.17) is 9.47 Å². The molecule has 0 saturated heterocycles. The van der Waals surface area contributed by atoms with Gasteiger partial charge < -0.3 is 14.8 Å². The Morgan fingerprint density at radius 1 is 1.15 bits per heavy atom. The number of amides is 1. The van der Waals surface area contributed by atoms with Crippen molar-refractivity contribution in [1.29, 1.82) is 0 Å². The SMILES string of the molecule is COc1ccc(OCC(=O)Nc2cccc(C)n2)cc1. The fourth-order valence-corrected chi connectivity index (χ4v) is 1.61. The zero-order valence-electron chi connectivity index (χ0n) is 11.4. The molecule has 0 radical (unpaired) electrons. The molecule has 0 atom stereocenters. The highest BCUT2D eigenvalue weighted by Gasteiger charge is 2.04. The number of aryl methyl sites for hydroxylation is 1. The van der Waals surface area contributed by atoms with Gasteiger partial charge in [-0.3, -0.25) is 4.79 Å². The van der Waals surface area contributed by atoms with Gasteiger partial charge in [0.1, 0.15) is 17.3 Å². The van der Waals surface area contributed by atoms with Crippen LogP contribution >= 0.6 is 0 Å². The molecule has 0 aliphatic heterocycles. The lowest BCUT2D eigenvalue weighted by Gasteiger charge is -2.08. The predicted molar refractivity (Wildman–Crippen MR) is 76.1 cm³/mol. The molecule has 2 rings (SSSR count). The first-order chi connectivity index (χ1) is 9.67. The van der Waals surface area contributed by atoms with Crippen molar-refractivity contribution in [3.05, 3.63) is 48.2 Å². The average Bonchev–Trinajstić information content (AvgIpc) is 2.46. The van der Waals surface area contributed by atoms with Gasteiger partial charge in [0, 0.05) is 5.69 Å². The minimum Gasteiger partial charge on any atom is -0.497 e. The summed E-state index contributed by atoms with van der Waals surface area (Å²) in [6, 6.07) is 12.5. The molecule has 20 heavy (non-hydrogen) atoms. The molecule has 1 aromatic heterocycles. The molecule has 0 unspecified atom stereocenters. The van der Waals surface area contributed by atoms with E-state index in [1.807, 2.05) is 19.1 Å². The number of methoxy groups -OCH3 is 1. The molecule has 1 heterocycles. The second-order valence-corrected chi connectivity index (χ2v) is 4.18. The third kappa shape index (κ3) is 3.98. The first kappa shape index (κ1) is 13.9. The van der Waals surface area contributed by atoms with Crippen LogP contribution < -0.4 is 14.8 Å². The van der Waals surface area contributed by atoms with Gasteiger partial charge in [-0.15, -0.1) is 0 Å². The van der Waals surface area contributed by atoms with Gasteiger partial charge in [-0.1, -0.05) is 6.07 Å². The van der Waals surface area contributed by atoms with Gasteiger partial charge in [0.15, 0.2) is 6.61 Å². The van der Waals surface area contributed by atoms with Gasteiger partial charge in [-0.2, -0.15) is 0 Å². The number of nitrogens with one attached hydrogen (secondary N) is 1. The van der Waals surface area contributed by atoms with Crippen LogP contribution in [0.2, 0.25) is 0 Å². The number of rotatable bonds is 5. The summed E-state index contributed by atoms with van der Waals surface area (Å²) in [6.45, 7) is 1.80. The Kier molecular flexibility index (Phi) is 4.55. The Labute approximate surface area is 117 Å². The number of carbonyl (C=O) groups is 1. The number of carbonyl (C=O) groups excluding carboxylic acids is 1. The van der Waals surface area contributed by atoms with Gasteiger partial charge in [0.2, 0.25) is 0 Å². The van der Waals surface area contributed by atoms with Crippen molar-refractivity contribution in [2.24, 2.45) is 0 Å². The van der Waals surface area contributed by atoms with Crippen molar-refractivity contribution in [3.8, 4) is 11.5 Å². The fraction of sp³-hybridized carbons (Fsp3) is 0.200. The molecule has 0 aliphatic carbocycles. The quantitative estimate of drug-likeness (QED) is 0.908. The highest BCUT2D eigenvalue weighted by atomic mass is 16.5. The number of ether oxygens (including phenoxy) is 2. The van der Waals surface area contributed by atoms with Gasteiger partial charge in [-0.25, -0.2) is 4.98 Å². The van der Waals surface area contributed by atoms with Crippen molar-refractivity contribution in [3.63, 3.8) is 0 Å². The smallest absolute Gasteiger partial charge is 0.263 e. The van der Waals surface area contributed by atoms with E-state index >= 15 is 0 Å². The van der Waals surface area contributed by atoms with Crippen LogP contribution in [0.5, 0.6) is 11.5 Å². The van der Waals surface area contributed by atoms with E-state index in [0.717, 1.165) is 11.4 Å². The normalized spacial score (nSPS) is 9.90. The minimum absolute atomic E-state index is 0.0675. The zero-order chi connectivity index (χ0) is 14.4. The lowest BCUT2D eigenvalue weighted by Crippen LogP contribution is -2.20. The van der Waals surface area contributed by atoms with Crippen LogP contribution in [0.15, 0.2) is 42.5 Å². The number of nitrogens with zero attached hydrogens (tertiary/aromatic N) is 1. The first-order valence-corrected chi connectivity index (χ1v) is 6.18. The fourth-order valence-electron chi connectivity index (χ4n) is 1.61. The summed E-state index contributed by atoms with van der Waals surface area (Å²) in [7, 11) is 1.60. The summed E-state index contributed by atoms with van der Waals surface area (Å²) in [4.78, 5) is 15.9. The monoisotopic (exact) mass is 272 g/mol. The van der Waals surface area contributed by atoms with Crippen LogP contribution in [0.4, 0.5) is 5.82 Å². The van der Waals surface area contributed by atoms with E-state index < -0.39 is 0 Å². The largest absolute Gasteiger partial charge is 0.497 e. The Hall–Kier alpha value is -2.56. The lowest BCUT2D eigenvalue weighted by molar-refractivity contribution is -0.118. The summed E-state index contributed by atoms with van der Waals surface area (Å²) in [5.74, 6) is 1.62. The number of hydrogen-bond acceptors (Lipinski definition) is 4. The maximum atomic E-state index is 11.7. The highest BCUT2D eigenvalue weighted by molar-refractivity contribution is 5.90. The van der Waals surface area contributed by atoms with E-state index in [1.165, 1.54) is 0 Å². The van der Waals surface area contributed by atoms with Crippen LogP contribution in [0.25, 0.3) is 0 Å². The summed E-state index contributed by atoms with van der Waals surface area (Å²) in [5.41, 5.74) is 0.846. The predicted octanol–water partition coefficient (Wildman–Crippen LogP) is 2.42. The molecular weight excluding hydrogens is 256 g/mol. The number of hydrogen-bond donors (Lipinski definition) is 1. The molecule has 104 valence electrons. The maximum Gasteiger partial charge on any atom is 0.263 e. The Balaban J connectivity index is 1.85. The van der Waals surface area contributed by atoms with Gasteiger partial charge >= 0.3 is 0 Å². The van der Waals surface area contributed by atoms with E-state index in [9.17, 15) is 4.79 Å². The first-order valence-electron chi connectivity index (χ1n) is 6.18. The van der Waals surface area contributed by atoms with Crippen LogP contribution in [0.3, 0.4) is 0 Å². The van der Waals surface area contributed by atoms with E-state index in [2.05, 4.69) is 10.3 Å². The molecule has 1 N–H and O–H groups in total. The topological polar surface area (TPSA) is 60.5 Å². The third-order valence-electron chi connectivity index (χ3n) is 2.59. The summed E-state index contributed by atoms with van der Waals surface area (Å²) in [5, 5.41) is 2.68. The molecule has 2 aromatic rings. The van der Waals surface area contributed by atoms with Crippen LogP contribution in [0.1, 0.15) is 5.69 Å². The van der Waals surface area contributed by atoms with Crippen LogP contribution in [-0.4, -0.2) is 24.6 Å². The second kappa shape index (κ2) is 6.56. The van der Waals surface area contributed by atoms with Crippen LogP contribution in [0, 0.1) is 6.92 Å². The number of pyridine rings is 1. The van der Waals surface area contributed by atoms with Crippen molar-refractivity contribution in [2.45, 2.75) is 6.92 Å². The number of anilines is 1. The molecule has 0 aliphatic rings. The Morgan fingerprint density at radius 3 is 2.50 bits per heavy atom. The van der Waals surface area contributed by atoms with E-state index in [-0.39, 0.29) is 12.5 Å². The molecule has 1 amide bonds. The molecule has 0 spiro atoms. The molecule has 5 heteroatoms. The second-order valence-electron chi connectivity index (χ2n) is 4.18. The Bertz CT molecular complexity index is 582. The molecule has 0 saturated carbocycles. The highest BCUT2D eigenvalue weighted by Crippen LogP contribution is 2.16. The van der Waals surface area contributed by atoms with Crippen molar-refractivity contribution in [1.82, 2.24) is 4.98 Å². The van der Waals surface area contributed by atoms with Crippen molar-refractivity contribution < 1.29 is 14.3 Å². The number of benzene rings is 1. The number of aromatic nitrogens is 1. The van der Waals surface area contributed by atoms with Crippen molar-refractivity contribution in [2.75, 3.05) is 19.0 Å². The zero-order valence-corrected chi connectivity index (χ0v) is 11.4. The van der Waals surface area contributed by atoms with Crippen molar-refractivity contribution >= 4 is 11.7 Å². The standard InChI is InChI=1S/C15H16N2O3/c1-11-4-3-5-14(16-11)17-15(18)10-20-13-8-6-12(19-2)7-9-13/h3-9H,10H2,1-2H3,(H,16,17,18). The lowest BCUT2D eigenvalue weighted by atomic mass is 10.3. The Morgan fingerprint density at radius 2 is 1.85 bits per heavy atom. The van der Waals surface area contributed by atoms with E-state index in [0.29, 0.717) is 11.6 Å². The summed E-state index contributed by atoms with van der Waals surface area (Å²) >= 11 is 0. The molecule has 0 bridgehead atoms. The molecule has 5 nitrogen and oxygen atoms in total. The minimum atomic E-state index is -0.251.